The average Bonchev–Trinajstić information content (AvgIpc) is 3.05. The van der Waals surface area contributed by atoms with Gasteiger partial charge in [-0.25, -0.2) is 0 Å². The number of aryl methyl sites for hydroxylation is 1. The van der Waals surface area contributed by atoms with Gasteiger partial charge in [-0.15, -0.1) is 0 Å². The maximum absolute atomic E-state index is 12.3. The molecule has 0 aliphatic carbocycles. The number of carbonyl (C=O) groups excluding carboxylic acids is 1. The average molecular weight is 439 g/mol. The number of halogens is 1. The van der Waals surface area contributed by atoms with Crippen molar-refractivity contribution in [3.05, 3.63) is 51.5 Å². The number of anilines is 1. The third-order valence-corrected chi connectivity index (χ3v) is 4.93. The van der Waals surface area contributed by atoms with E-state index in [0.717, 1.165) is 49.7 Å². The van der Waals surface area contributed by atoms with E-state index in [-0.39, 0.29) is 5.91 Å². The van der Waals surface area contributed by atoms with Gasteiger partial charge in [-0.2, -0.15) is 0 Å². The number of piperazine rings is 1. The summed E-state index contributed by atoms with van der Waals surface area (Å²) in [5.74, 6) is 1.05. The van der Waals surface area contributed by atoms with Crippen LogP contribution < -0.4 is 5.32 Å². The molecule has 1 fully saturated rings. The minimum atomic E-state index is 0.0544. The van der Waals surface area contributed by atoms with Crippen LogP contribution in [-0.2, 0) is 11.3 Å². The van der Waals surface area contributed by atoms with Crippen molar-refractivity contribution in [1.82, 2.24) is 9.80 Å². The van der Waals surface area contributed by atoms with Crippen LogP contribution in [0.1, 0.15) is 11.3 Å². The van der Waals surface area contributed by atoms with E-state index in [2.05, 4.69) is 43.8 Å². The smallest absolute Gasteiger partial charge is 0.238 e. The van der Waals surface area contributed by atoms with E-state index in [1.807, 2.05) is 31.2 Å². The lowest BCUT2D eigenvalue weighted by molar-refractivity contribution is -0.117. The Morgan fingerprint density at radius 2 is 1.96 bits per heavy atom. The molecule has 1 aliphatic heterocycles. The lowest BCUT2D eigenvalue weighted by atomic mass is 10.2. The predicted octanol–water partition coefficient (Wildman–Crippen LogP) is 2.95. The molecule has 0 unspecified atom stereocenters. The standard InChI is InChI=1S/C18H22IN3O2/c1-14-11-15(19)4-5-17(14)20-18(23)13-22-8-6-21(7-9-22)12-16-3-2-10-24-16/h2-5,10-11H,6-9,12-13H2,1H3,(H,20,23). The lowest BCUT2D eigenvalue weighted by Crippen LogP contribution is -2.48. The summed E-state index contributed by atoms with van der Waals surface area (Å²) in [5, 5.41) is 3.02. The first-order valence-corrected chi connectivity index (χ1v) is 9.21. The van der Waals surface area contributed by atoms with Crippen molar-refractivity contribution in [3.8, 4) is 0 Å². The molecule has 1 aliphatic rings. The van der Waals surface area contributed by atoms with Crippen molar-refractivity contribution in [2.75, 3.05) is 38.0 Å². The van der Waals surface area contributed by atoms with Crippen LogP contribution in [0.3, 0.4) is 0 Å². The summed E-state index contributed by atoms with van der Waals surface area (Å²) in [6.07, 6.45) is 1.71. The fourth-order valence-corrected chi connectivity index (χ4v) is 3.54. The SMILES string of the molecule is Cc1cc(I)ccc1NC(=O)CN1CCN(Cc2ccco2)CC1. The van der Waals surface area contributed by atoms with Gasteiger partial charge in [-0.3, -0.25) is 14.6 Å². The summed E-state index contributed by atoms with van der Waals surface area (Å²) < 4.78 is 6.57. The van der Waals surface area contributed by atoms with E-state index in [0.29, 0.717) is 6.54 Å². The molecule has 0 bridgehead atoms. The molecule has 128 valence electrons. The number of furan rings is 1. The number of carbonyl (C=O) groups is 1. The number of nitrogens with one attached hydrogen (secondary N) is 1. The van der Waals surface area contributed by atoms with Crippen molar-refractivity contribution < 1.29 is 9.21 Å². The first-order valence-electron chi connectivity index (χ1n) is 8.13. The molecular weight excluding hydrogens is 417 g/mol. The highest BCUT2D eigenvalue weighted by Gasteiger charge is 2.19. The summed E-state index contributed by atoms with van der Waals surface area (Å²) in [7, 11) is 0. The minimum absolute atomic E-state index is 0.0544. The van der Waals surface area contributed by atoms with Gasteiger partial charge in [-0.05, 0) is 65.4 Å². The Labute approximate surface area is 156 Å². The second-order valence-electron chi connectivity index (χ2n) is 6.14. The molecule has 1 saturated heterocycles. The van der Waals surface area contributed by atoms with E-state index in [4.69, 9.17) is 4.42 Å². The minimum Gasteiger partial charge on any atom is -0.468 e. The number of rotatable bonds is 5. The van der Waals surface area contributed by atoms with E-state index in [9.17, 15) is 4.79 Å². The lowest BCUT2D eigenvalue weighted by Gasteiger charge is -2.33. The number of benzene rings is 1. The Morgan fingerprint density at radius 3 is 2.62 bits per heavy atom. The Bertz CT molecular complexity index is 680. The monoisotopic (exact) mass is 439 g/mol. The third-order valence-electron chi connectivity index (χ3n) is 4.25. The van der Waals surface area contributed by atoms with Gasteiger partial charge in [0.2, 0.25) is 5.91 Å². The summed E-state index contributed by atoms with van der Waals surface area (Å²) >= 11 is 2.28. The van der Waals surface area contributed by atoms with E-state index in [1.165, 1.54) is 3.57 Å². The second-order valence-corrected chi connectivity index (χ2v) is 7.38. The van der Waals surface area contributed by atoms with Gasteiger partial charge in [-0.1, -0.05) is 0 Å². The van der Waals surface area contributed by atoms with Gasteiger partial charge < -0.3 is 9.73 Å². The van der Waals surface area contributed by atoms with Gasteiger partial charge in [0.1, 0.15) is 5.76 Å². The fourth-order valence-electron chi connectivity index (χ4n) is 2.89. The summed E-state index contributed by atoms with van der Waals surface area (Å²) in [5.41, 5.74) is 2.00. The Kier molecular flexibility index (Phi) is 5.91. The quantitative estimate of drug-likeness (QED) is 0.729. The molecule has 0 spiro atoms. The molecular formula is C18H22IN3O2. The summed E-state index contributed by atoms with van der Waals surface area (Å²) in [4.78, 5) is 16.8. The molecule has 0 saturated carbocycles. The van der Waals surface area contributed by atoms with Crippen LogP contribution in [0, 0.1) is 10.5 Å². The van der Waals surface area contributed by atoms with Crippen molar-refractivity contribution in [1.29, 1.82) is 0 Å². The molecule has 1 aromatic heterocycles. The van der Waals surface area contributed by atoms with Crippen LogP contribution >= 0.6 is 22.6 Å². The maximum atomic E-state index is 12.3. The highest BCUT2D eigenvalue weighted by atomic mass is 127. The number of hydrogen-bond donors (Lipinski definition) is 1. The van der Waals surface area contributed by atoms with Crippen molar-refractivity contribution in [2.24, 2.45) is 0 Å². The molecule has 1 amide bonds. The maximum Gasteiger partial charge on any atom is 0.238 e. The highest BCUT2D eigenvalue weighted by molar-refractivity contribution is 14.1. The highest BCUT2D eigenvalue weighted by Crippen LogP contribution is 2.17. The van der Waals surface area contributed by atoms with Crippen LogP contribution in [0.4, 0.5) is 5.69 Å². The molecule has 24 heavy (non-hydrogen) atoms. The van der Waals surface area contributed by atoms with Crippen LogP contribution in [0.2, 0.25) is 0 Å². The van der Waals surface area contributed by atoms with E-state index < -0.39 is 0 Å². The van der Waals surface area contributed by atoms with Gasteiger partial charge in [0, 0.05) is 35.4 Å². The Balaban J connectivity index is 1.44. The fraction of sp³-hybridized carbons (Fsp3) is 0.389. The molecule has 1 aromatic carbocycles. The van der Waals surface area contributed by atoms with Crippen LogP contribution in [0.5, 0.6) is 0 Å². The third kappa shape index (κ3) is 4.81. The zero-order chi connectivity index (χ0) is 16.9. The van der Waals surface area contributed by atoms with Gasteiger partial charge >= 0.3 is 0 Å². The zero-order valence-electron chi connectivity index (χ0n) is 13.8. The molecule has 0 radical (unpaired) electrons. The van der Waals surface area contributed by atoms with Crippen molar-refractivity contribution >= 4 is 34.2 Å². The summed E-state index contributed by atoms with van der Waals surface area (Å²) in [6.45, 7) is 7.02. The van der Waals surface area contributed by atoms with Gasteiger partial charge in [0.15, 0.2) is 0 Å². The normalized spacial score (nSPS) is 16.2. The molecule has 2 aromatic rings. The second kappa shape index (κ2) is 8.13. The first kappa shape index (κ1) is 17.4. The van der Waals surface area contributed by atoms with Crippen LogP contribution in [-0.4, -0.2) is 48.4 Å². The molecule has 3 rings (SSSR count). The van der Waals surface area contributed by atoms with Crippen molar-refractivity contribution in [3.63, 3.8) is 0 Å². The van der Waals surface area contributed by atoms with Crippen molar-refractivity contribution in [2.45, 2.75) is 13.5 Å². The number of nitrogens with zero attached hydrogens (tertiary/aromatic N) is 2. The Hall–Kier alpha value is -1.38. The molecule has 1 N–H and O–H groups in total. The number of hydrogen-bond acceptors (Lipinski definition) is 4. The van der Waals surface area contributed by atoms with Crippen LogP contribution in [0.25, 0.3) is 0 Å². The molecule has 2 heterocycles. The van der Waals surface area contributed by atoms with Gasteiger partial charge in [0.05, 0.1) is 19.4 Å². The zero-order valence-corrected chi connectivity index (χ0v) is 16.0. The van der Waals surface area contributed by atoms with Crippen LogP contribution in [0.15, 0.2) is 41.0 Å². The first-order chi connectivity index (χ1) is 11.6. The number of amides is 1. The largest absolute Gasteiger partial charge is 0.468 e. The summed E-state index contributed by atoms with van der Waals surface area (Å²) in [6, 6.07) is 9.97. The van der Waals surface area contributed by atoms with E-state index >= 15 is 0 Å². The molecule has 6 heteroatoms. The Morgan fingerprint density at radius 1 is 1.21 bits per heavy atom. The van der Waals surface area contributed by atoms with E-state index in [1.54, 1.807) is 6.26 Å². The predicted molar refractivity (Wildman–Crippen MR) is 103 cm³/mol. The van der Waals surface area contributed by atoms with Gasteiger partial charge in [0.25, 0.3) is 0 Å². The molecule has 0 atom stereocenters. The topological polar surface area (TPSA) is 48.7 Å². The molecule has 5 nitrogen and oxygen atoms in total.